The van der Waals surface area contributed by atoms with Crippen LogP contribution in [0.15, 0.2) is 42.5 Å². The maximum atomic E-state index is 3.52. The molecule has 1 aliphatic carbocycles. The van der Waals surface area contributed by atoms with Crippen LogP contribution in [0, 0.1) is 13.8 Å². The summed E-state index contributed by atoms with van der Waals surface area (Å²) in [4.78, 5) is 0. The first-order chi connectivity index (χ1) is 10.2. The number of benzene rings is 2. The molecular weight excluding hydrogens is 254 g/mol. The molecule has 110 valence electrons. The fourth-order valence-electron chi connectivity index (χ4n) is 3.49. The third-order valence-corrected chi connectivity index (χ3v) is 4.50. The molecule has 2 aromatic rings. The molecule has 0 radical (unpaired) electrons. The number of rotatable bonds is 3. The lowest BCUT2D eigenvalue weighted by Crippen LogP contribution is -2.04. The third-order valence-electron chi connectivity index (χ3n) is 4.50. The summed E-state index contributed by atoms with van der Waals surface area (Å²) >= 11 is 0. The fourth-order valence-corrected chi connectivity index (χ4v) is 3.49. The summed E-state index contributed by atoms with van der Waals surface area (Å²) in [7, 11) is 0. The molecule has 0 aliphatic heterocycles. The number of aryl methyl sites for hydroxylation is 2. The molecule has 1 heteroatoms. The van der Waals surface area contributed by atoms with Crippen molar-refractivity contribution >= 4 is 11.4 Å². The van der Waals surface area contributed by atoms with Crippen LogP contribution in [0.2, 0.25) is 0 Å². The lowest BCUT2D eigenvalue weighted by atomic mass is 9.84. The van der Waals surface area contributed by atoms with Gasteiger partial charge in [0.25, 0.3) is 0 Å². The van der Waals surface area contributed by atoms with E-state index in [2.05, 4.69) is 61.6 Å². The average molecular weight is 279 g/mol. The second-order valence-electron chi connectivity index (χ2n) is 6.46. The molecule has 0 heterocycles. The monoisotopic (exact) mass is 279 g/mol. The van der Waals surface area contributed by atoms with Crippen molar-refractivity contribution in [2.75, 3.05) is 5.32 Å². The summed E-state index contributed by atoms with van der Waals surface area (Å²) in [5.74, 6) is 0.786. The second-order valence-corrected chi connectivity index (χ2v) is 6.46. The maximum Gasteiger partial charge on any atom is 0.0389 e. The Morgan fingerprint density at radius 1 is 0.762 bits per heavy atom. The normalized spacial score (nSPS) is 15.9. The zero-order chi connectivity index (χ0) is 14.7. The van der Waals surface area contributed by atoms with E-state index in [1.807, 2.05) is 0 Å². The maximum absolute atomic E-state index is 3.52. The van der Waals surface area contributed by atoms with Crippen molar-refractivity contribution in [1.29, 1.82) is 0 Å². The Morgan fingerprint density at radius 2 is 1.38 bits per heavy atom. The summed E-state index contributed by atoms with van der Waals surface area (Å²) in [5, 5.41) is 3.52. The van der Waals surface area contributed by atoms with Crippen molar-refractivity contribution in [2.24, 2.45) is 0 Å². The predicted molar refractivity (Wildman–Crippen MR) is 91.5 cm³/mol. The number of nitrogens with one attached hydrogen (secondary N) is 1. The van der Waals surface area contributed by atoms with E-state index in [0.717, 1.165) is 5.92 Å². The van der Waals surface area contributed by atoms with Gasteiger partial charge in [0.15, 0.2) is 0 Å². The molecule has 1 fully saturated rings. The van der Waals surface area contributed by atoms with Gasteiger partial charge in [-0.3, -0.25) is 0 Å². The van der Waals surface area contributed by atoms with Gasteiger partial charge < -0.3 is 5.32 Å². The summed E-state index contributed by atoms with van der Waals surface area (Å²) in [6.45, 7) is 4.29. The van der Waals surface area contributed by atoms with E-state index >= 15 is 0 Å². The zero-order valence-electron chi connectivity index (χ0n) is 13.2. The average Bonchev–Trinajstić information content (AvgIpc) is 2.48. The first-order valence-electron chi connectivity index (χ1n) is 8.16. The van der Waals surface area contributed by atoms with Gasteiger partial charge in [-0.15, -0.1) is 0 Å². The Labute approximate surface area is 128 Å². The van der Waals surface area contributed by atoms with E-state index in [0.29, 0.717) is 0 Å². The Hall–Kier alpha value is -1.76. The minimum atomic E-state index is 0.786. The number of hydrogen-bond donors (Lipinski definition) is 1. The van der Waals surface area contributed by atoms with Crippen LogP contribution >= 0.6 is 0 Å². The molecule has 0 aromatic heterocycles. The Balaban J connectivity index is 1.71. The minimum Gasteiger partial charge on any atom is -0.356 e. The van der Waals surface area contributed by atoms with Crippen molar-refractivity contribution in [3.05, 3.63) is 59.2 Å². The van der Waals surface area contributed by atoms with Gasteiger partial charge in [-0.1, -0.05) is 37.5 Å². The van der Waals surface area contributed by atoms with Gasteiger partial charge in [-0.25, -0.2) is 0 Å². The first-order valence-corrected chi connectivity index (χ1v) is 8.16. The number of hydrogen-bond acceptors (Lipinski definition) is 1. The number of anilines is 2. The largest absolute Gasteiger partial charge is 0.356 e. The van der Waals surface area contributed by atoms with Gasteiger partial charge >= 0.3 is 0 Å². The van der Waals surface area contributed by atoms with Gasteiger partial charge in [-0.05, 0) is 73.6 Å². The van der Waals surface area contributed by atoms with Crippen LogP contribution in [0.5, 0.6) is 0 Å². The Kier molecular flexibility index (Phi) is 4.28. The highest BCUT2D eigenvalue weighted by Gasteiger charge is 2.14. The summed E-state index contributed by atoms with van der Waals surface area (Å²) < 4.78 is 0. The zero-order valence-corrected chi connectivity index (χ0v) is 13.2. The van der Waals surface area contributed by atoms with Crippen molar-refractivity contribution in [1.82, 2.24) is 0 Å². The van der Waals surface area contributed by atoms with Gasteiger partial charge in [-0.2, -0.15) is 0 Å². The van der Waals surface area contributed by atoms with Gasteiger partial charge in [0.05, 0.1) is 0 Å². The van der Waals surface area contributed by atoms with Crippen molar-refractivity contribution < 1.29 is 0 Å². The van der Waals surface area contributed by atoms with Crippen molar-refractivity contribution in [3.63, 3.8) is 0 Å². The molecular formula is C20H25N. The van der Waals surface area contributed by atoms with Gasteiger partial charge in [0, 0.05) is 11.4 Å². The molecule has 0 atom stereocenters. The first kappa shape index (κ1) is 14.2. The molecule has 3 rings (SSSR count). The summed E-state index contributed by atoms with van der Waals surface area (Å²) in [6.07, 6.45) is 6.94. The van der Waals surface area contributed by atoms with Crippen LogP contribution in [-0.4, -0.2) is 0 Å². The van der Waals surface area contributed by atoms with E-state index in [1.165, 1.54) is 60.2 Å². The quantitative estimate of drug-likeness (QED) is 0.716. The van der Waals surface area contributed by atoms with Crippen molar-refractivity contribution in [3.8, 4) is 0 Å². The second kappa shape index (κ2) is 6.34. The Morgan fingerprint density at radius 3 is 2.00 bits per heavy atom. The van der Waals surface area contributed by atoms with E-state index in [4.69, 9.17) is 0 Å². The topological polar surface area (TPSA) is 12.0 Å². The smallest absolute Gasteiger partial charge is 0.0389 e. The van der Waals surface area contributed by atoms with E-state index in [1.54, 1.807) is 0 Å². The molecule has 21 heavy (non-hydrogen) atoms. The molecule has 1 saturated carbocycles. The predicted octanol–water partition coefficient (Wildman–Crippen LogP) is 6.09. The SMILES string of the molecule is Cc1cc(C)cc(Nc2ccc(C3CCCCC3)cc2)c1. The van der Waals surface area contributed by atoms with Crippen LogP contribution in [0.4, 0.5) is 11.4 Å². The molecule has 0 saturated heterocycles. The van der Waals surface area contributed by atoms with Crippen molar-refractivity contribution in [2.45, 2.75) is 51.9 Å². The van der Waals surface area contributed by atoms with Gasteiger partial charge in [0.2, 0.25) is 0 Å². The molecule has 1 N–H and O–H groups in total. The standard InChI is InChI=1S/C20H25N/c1-15-12-16(2)14-20(13-15)21-19-10-8-18(9-11-19)17-6-4-3-5-7-17/h8-14,17,21H,3-7H2,1-2H3. The van der Waals surface area contributed by atoms with E-state index in [9.17, 15) is 0 Å². The highest BCUT2D eigenvalue weighted by atomic mass is 14.9. The molecule has 0 amide bonds. The van der Waals surface area contributed by atoms with E-state index < -0.39 is 0 Å². The van der Waals surface area contributed by atoms with Crippen LogP contribution in [0.3, 0.4) is 0 Å². The van der Waals surface area contributed by atoms with Crippen LogP contribution in [-0.2, 0) is 0 Å². The lowest BCUT2D eigenvalue weighted by Gasteiger charge is -2.22. The fraction of sp³-hybridized carbons (Fsp3) is 0.400. The molecule has 0 spiro atoms. The Bertz CT molecular complexity index is 571. The van der Waals surface area contributed by atoms with Gasteiger partial charge in [0.1, 0.15) is 0 Å². The van der Waals surface area contributed by atoms with Crippen LogP contribution in [0.25, 0.3) is 0 Å². The highest BCUT2D eigenvalue weighted by Crippen LogP contribution is 2.33. The van der Waals surface area contributed by atoms with E-state index in [-0.39, 0.29) is 0 Å². The van der Waals surface area contributed by atoms with Crippen LogP contribution < -0.4 is 5.32 Å². The molecule has 1 aliphatic rings. The summed E-state index contributed by atoms with van der Waals surface area (Å²) in [6, 6.07) is 15.7. The summed E-state index contributed by atoms with van der Waals surface area (Å²) in [5.41, 5.74) is 6.48. The molecule has 0 bridgehead atoms. The highest BCUT2D eigenvalue weighted by molar-refractivity contribution is 5.61. The van der Waals surface area contributed by atoms with Crippen LogP contribution in [0.1, 0.15) is 54.7 Å². The molecule has 2 aromatic carbocycles. The molecule has 1 nitrogen and oxygen atoms in total. The minimum absolute atomic E-state index is 0.786. The molecule has 0 unspecified atom stereocenters. The third kappa shape index (κ3) is 3.66. The lowest BCUT2D eigenvalue weighted by molar-refractivity contribution is 0.443.